The van der Waals surface area contributed by atoms with Crippen molar-refractivity contribution in [1.29, 1.82) is 0 Å². The van der Waals surface area contributed by atoms with Crippen molar-refractivity contribution in [2.75, 3.05) is 7.11 Å². The monoisotopic (exact) mass is 210 g/mol. The third-order valence-electron chi connectivity index (χ3n) is 1.47. The Hall–Kier alpha value is -1.66. The topological polar surface area (TPSA) is 46.5 Å². The van der Waals surface area contributed by atoms with Gasteiger partial charge in [-0.3, -0.25) is 0 Å². The van der Waals surface area contributed by atoms with Gasteiger partial charge in [0, 0.05) is 10.9 Å². The van der Waals surface area contributed by atoms with Crippen molar-refractivity contribution in [3.63, 3.8) is 0 Å². The van der Waals surface area contributed by atoms with Gasteiger partial charge in [-0.15, -0.1) is 0 Å². The van der Waals surface area contributed by atoms with Crippen LogP contribution in [0.15, 0.2) is 18.2 Å². The van der Waals surface area contributed by atoms with Crippen LogP contribution in [0.4, 0.5) is 0 Å². The summed E-state index contributed by atoms with van der Waals surface area (Å²) in [4.78, 5) is 10.2. The highest BCUT2D eigenvalue weighted by molar-refractivity contribution is 6.30. The summed E-state index contributed by atoms with van der Waals surface area (Å²) in [5.41, 5.74) is 0.461. The van der Waals surface area contributed by atoms with E-state index in [2.05, 4.69) is 5.92 Å². The van der Waals surface area contributed by atoms with E-state index in [4.69, 9.17) is 21.4 Å². The van der Waals surface area contributed by atoms with Gasteiger partial charge < -0.3 is 9.84 Å². The normalized spacial score (nSPS) is 8.71. The maximum atomic E-state index is 10.2. The quantitative estimate of drug-likeness (QED) is 0.719. The summed E-state index contributed by atoms with van der Waals surface area (Å²) < 4.78 is 4.98. The van der Waals surface area contributed by atoms with Crippen molar-refractivity contribution < 1.29 is 14.6 Å². The number of carboxylic acid groups (broad SMARTS) is 1. The molecule has 0 aliphatic rings. The van der Waals surface area contributed by atoms with E-state index < -0.39 is 5.97 Å². The van der Waals surface area contributed by atoms with Crippen LogP contribution in [0.5, 0.6) is 5.75 Å². The fourth-order valence-corrected chi connectivity index (χ4v) is 1.07. The molecule has 0 aliphatic heterocycles. The third-order valence-corrected chi connectivity index (χ3v) is 1.70. The Morgan fingerprint density at radius 2 is 2.29 bits per heavy atom. The lowest BCUT2D eigenvalue weighted by Gasteiger charge is -2.02. The standard InChI is InChI=1S/C10H7ClO3/c1-14-9-4-3-8(11)6-7(9)2-5-10(12)13/h3-4,6H,1H3,(H,12,13). The number of hydrogen-bond acceptors (Lipinski definition) is 2. The molecule has 14 heavy (non-hydrogen) atoms. The molecule has 72 valence electrons. The van der Waals surface area contributed by atoms with E-state index in [1.165, 1.54) is 7.11 Å². The maximum Gasteiger partial charge on any atom is 0.382 e. The molecule has 1 aromatic rings. The minimum atomic E-state index is -1.19. The van der Waals surface area contributed by atoms with Crippen molar-refractivity contribution in [2.45, 2.75) is 0 Å². The third kappa shape index (κ3) is 2.68. The molecule has 0 heterocycles. The van der Waals surface area contributed by atoms with Crippen molar-refractivity contribution in [3.8, 4) is 17.6 Å². The highest BCUT2D eigenvalue weighted by Crippen LogP contribution is 2.21. The predicted molar refractivity (Wildman–Crippen MR) is 52.5 cm³/mol. The van der Waals surface area contributed by atoms with Gasteiger partial charge in [0.15, 0.2) is 0 Å². The average molecular weight is 211 g/mol. The van der Waals surface area contributed by atoms with E-state index in [1.807, 2.05) is 5.92 Å². The lowest BCUT2D eigenvalue weighted by atomic mass is 10.2. The van der Waals surface area contributed by atoms with Crippen LogP contribution in [0.25, 0.3) is 0 Å². The molecule has 1 rings (SSSR count). The molecule has 0 aliphatic carbocycles. The molecule has 0 radical (unpaired) electrons. The van der Waals surface area contributed by atoms with Crippen LogP contribution >= 0.6 is 11.6 Å². The molecule has 0 saturated carbocycles. The van der Waals surface area contributed by atoms with Crippen LogP contribution < -0.4 is 4.74 Å². The summed E-state index contributed by atoms with van der Waals surface area (Å²) >= 11 is 5.72. The number of aliphatic carboxylic acids is 1. The number of rotatable bonds is 1. The fourth-order valence-electron chi connectivity index (χ4n) is 0.899. The van der Waals surface area contributed by atoms with Crippen LogP contribution in [-0.4, -0.2) is 18.2 Å². The zero-order chi connectivity index (χ0) is 10.6. The lowest BCUT2D eigenvalue weighted by Crippen LogP contribution is -1.90. The Labute approximate surface area is 86.3 Å². The average Bonchev–Trinajstić information content (AvgIpc) is 2.15. The zero-order valence-corrected chi connectivity index (χ0v) is 8.13. The number of halogens is 1. The summed E-state index contributed by atoms with van der Waals surface area (Å²) in [7, 11) is 1.48. The molecule has 1 aromatic carbocycles. The van der Waals surface area contributed by atoms with E-state index >= 15 is 0 Å². The van der Waals surface area contributed by atoms with Gasteiger partial charge in [-0.05, 0) is 18.2 Å². The zero-order valence-electron chi connectivity index (χ0n) is 7.37. The van der Waals surface area contributed by atoms with E-state index in [-0.39, 0.29) is 0 Å². The highest BCUT2D eigenvalue weighted by Gasteiger charge is 2.00. The van der Waals surface area contributed by atoms with Gasteiger partial charge in [-0.2, -0.15) is 0 Å². The maximum absolute atomic E-state index is 10.2. The number of ether oxygens (including phenoxy) is 1. The first-order chi connectivity index (χ1) is 6.63. The van der Waals surface area contributed by atoms with Gasteiger partial charge in [0.25, 0.3) is 0 Å². The van der Waals surface area contributed by atoms with Crippen LogP contribution in [0.2, 0.25) is 5.02 Å². The number of hydrogen-bond donors (Lipinski definition) is 1. The SMILES string of the molecule is COc1ccc(Cl)cc1C#CC(=O)O. The molecule has 0 fully saturated rings. The van der Waals surface area contributed by atoms with Gasteiger partial charge in [-0.1, -0.05) is 17.5 Å². The summed E-state index contributed by atoms with van der Waals surface area (Å²) in [6, 6.07) is 4.83. The lowest BCUT2D eigenvalue weighted by molar-refractivity contribution is -0.130. The van der Waals surface area contributed by atoms with Gasteiger partial charge in [0.05, 0.1) is 12.7 Å². The molecule has 0 unspecified atom stereocenters. The number of carboxylic acids is 1. The smallest absolute Gasteiger partial charge is 0.382 e. The Morgan fingerprint density at radius 1 is 1.57 bits per heavy atom. The van der Waals surface area contributed by atoms with E-state index in [9.17, 15) is 4.79 Å². The van der Waals surface area contributed by atoms with Gasteiger partial charge in [0.2, 0.25) is 0 Å². The summed E-state index contributed by atoms with van der Waals surface area (Å²) in [6.07, 6.45) is 0. The molecule has 3 nitrogen and oxygen atoms in total. The molecular weight excluding hydrogens is 204 g/mol. The van der Waals surface area contributed by atoms with E-state index in [0.717, 1.165) is 0 Å². The van der Waals surface area contributed by atoms with Crippen LogP contribution in [0.1, 0.15) is 5.56 Å². The van der Waals surface area contributed by atoms with Crippen molar-refractivity contribution in [1.82, 2.24) is 0 Å². The predicted octanol–water partition coefficient (Wildman–Crippen LogP) is 1.78. The molecule has 0 amide bonds. The first-order valence-corrected chi connectivity index (χ1v) is 4.10. The van der Waals surface area contributed by atoms with Crippen molar-refractivity contribution >= 4 is 17.6 Å². The molecule has 0 bridgehead atoms. The van der Waals surface area contributed by atoms with Crippen LogP contribution in [-0.2, 0) is 4.79 Å². The number of methoxy groups -OCH3 is 1. The second-order valence-corrected chi connectivity index (χ2v) is 2.84. The fraction of sp³-hybridized carbons (Fsp3) is 0.100. The summed E-state index contributed by atoms with van der Waals surface area (Å²) in [5.74, 6) is 3.75. The van der Waals surface area contributed by atoms with Gasteiger partial charge in [0.1, 0.15) is 5.75 Å². The second kappa shape index (κ2) is 4.54. The number of benzene rings is 1. The van der Waals surface area contributed by atoms with Gasteiger partial charge in [-0.25, -0.2) is 4.79 Å². The minimum absolute atomic E-state index is 0.461. The van der Waals surface area contributed by atoms with Crippen LogP contribution in [0, 0.1) is 11.8 Å². The summed E-state index contributed by atoms with van der Waals surface area (Å²) in [6.45, 7) is 0. The Balaban J connectivity index is 3.13. The molecule has 0 atom stereocenters. The van der Waals surface area contributed by atoms with Crippen molar-refractivity contribution in [3.05, 3.63) is 28.8 Å². The minimum Gasteiger partial charge on any atom is -0.495 e. The van der Waals surface area contributed by atoms with Crippen LogP contribution in [0.3, 0.4) is 0 Å². The first kappa shape index (κ1) is 10.4. The van der Waals surface area contributed by atoms with E-state index in [0.29, 0.717) is 16.3 Å². The second-order valence-electron chi connectivity index (χ2n) is 2.40. The van der Waals surface area contributed by atoms with Gasteiger partial charge >= 0.3 is 5.97 Å². The molecule has 4 heteroatoms. The molecule has 0 spiro atoms. The number of carbonyl (C=O) groups is 1. The molecule has 0 aromatic heterocycles. The van der Waals surface area contributed by atoms with Crippen molar-refractivity contribution in [2.24, 2.45) is 0 Å². The first-order valence-electron chi connectivity index (χ1n) is 3.72. The Morgan fingerprint density at radius 3 is 2.86 bits per heavy atom. The molecule has 0 saturated heterocycles. The Kier molecular flexibility index (Phi) is 3.38. The summed E-state index contributed by atoms with van der Waals surface area (Å²) in [5, 5.41) is 8.85. The molecular formula is C10H7ClO3. The Bertz CT molecular complexity index is 415. The largest absolute Gasteiger partial charge is 0.495 e. The highest BCUT2D eigenvalue weighted by atomic mass is 35.5. The molecule has 1 N–H and O–H groups in total. The van der Waals surface area contributed by atoms with E-state index in [1.54, 1.807) is 18.2 Å².